The molecule has 0 radical (unpaired) electrons. The van der Waals surface area contributed by atoms with Crippen molar-refractivity contribution in [3.8, 4) is 6.07 Å². The summed E-state index contributed by atoms with van der Waals surface area (Å²) in [6.07, 6.45) is -1.28. The minimum Gasteiger partial charge on any atom is -0.462 e. The van der Waals surface area contributed by atoms with Gasteiger partial charge in [-0.05, 0) is 6.92 Å². The number of aryl methyl sites for hydroxylation is 1. The molecular formula is C50H77N16O23P. The first-order valence-corrected chi connectivity index (χ1v) is 29.2. The number of hydrogen-bond acceptors (Lipinski definition) is 27. The minimum absolute atomic E-state index is 0.0345. The summed E-state index contributed by atoms with van der Waals surface area (Å²) >= 11 is 0. The van der Waals surface area contributed by atoms with Crippen molar-refractivity contribution in [1.82, 2.24) is 77.4 Å². The molecule has 11 N–H and O–H groups in total. The lowest BCUT2D eigenvalue weighted by Crippen LogP contribution is -2.49. The van der Waals surface area contributed by atoms with E-state index in [1.807, 2.05) is 6.07 Å². The molecule has 2 rings (SSSR count). The Bertz CT molecular complexity index is 2660. The van der Waals surface area contributed by atoms with Gasteiger partial charge in [-0.25, -0.2) is 24.0 Å². The normalized spacial score (nSPS) is 14.3. The summed E-state index contributed by atoms with van der Waals surface area (Å²) in [5, 5.41) is 32.9. The number of esters is 4. The molecule has 39 nitrogen and oxygen atoms in total. The number of nitrogens with zero attached hydrogens (tertiary/aromatic N) is 5. The first kappa shape index (κ1) is 77.0. The average molecular weight is 1300 g/mol. The van der Waals surface area contributed by atoms with Crippen LogP contribution >= 0.6 is 8.38 Å². The van der Waals surface area contributed by atoms with Gasteiger partial charge in [0.15, 0.2) is 8.38 Å². The van der Waals surface area contributed by atoms with Crippen LogP contribution in [0.5, 0.6) is 0 Å². The van der Waals surface area contributed by atoms with Gasteiger partial charge in [0.1, 0.15) is 12.3 Å². The molecule has 40 heteroatoms. The van der Waals surface area contributed by atoms with Crippen molar-refractivity contribution in [3.63, 3.8) is 0 Å². The van der Waals surface area contributed by atoms with E-state index in [1.54, 1.807) is 21.4 Å². The number of carbonyl (C=O) groups is 14. The van der Waals surface area contributed by atoms with Crippen LogP contribution in [-0.2, 0) is 99.9 Å². The Labute approximate surface area is 515 Å². The van der Waals surface area contributed by atoms with Crippen molar-refractivity contribution >= 4 is 91.3 Å². The summed E-state index contributed by atoms with van der Waals surface area (Å²) in [6.45, 7) is 1.76. The zero-order chi connectivity index (χ0) is 67.1. The standard InChI is InChI=1S/C50H77N16O23P/c1-31-30-66(50(82)62-35(31)67)34-28-32(89-90(6)87-27-7-8-51)33(88-34)29-61-41(73)40(72)56-13-22-63(18-9-52-36(68)38(70)54-11-20-64(23-14-57-42(74)46(78)83-2)24-15-58-43(75)47(79)84-3)19-10-53-37(69)39(71)55-12-21-65(25-16-59-44(76)48(80)85-4)26-17-60-45(77)49(81)86-5/h30,32-34H,7,9-29H2,1-6H3,(H,52,68)(H,53,69)(H,54,70)(H,55,71)(H,56,72)(H,57,74)(H,58,75)(H,59,76)(H,60,77)(H,61,73)(H,62,67,82)/t32-,33-,34-,90?/m1/s1. The molecule has 500 valence electrons. The van der Waals surface area contributed by atoms with Gasteiger partial charge in [0, 0.05) is 149 Å². The molecule has 90 heavy (non-hydrogen) atoms. The number of H-pyrrole nitrogens is 1. The van der Waals surface area contributed by atoms with Gasteiger partial charge in [-0.3, -0.25) is 77.0 Å². The third kappa shape index (κ3) is 29.8. The molecule has 1 fully saturated rings. The third-order valence-corrected chi connectivity index (χ3v) is 13.5. The first-order chi connectivity index (χ1) is 42.9. The Morgan fingerprint density at radius 2 is 0.833 bits per heavy atom. The number of aromatic nitrogens is 2. The Morgan fingerprint density at radius 1 is 0.533 bits per heavy atom. The zero-order valence-electron chi connectivity index (χ0n) is 50.4. The number of aromatic amines is 1. The van der Waals surface area contributed by atoms with E-state index in [-0.39, 0.29) is 149 Å². The van der Waals surface area contributed by atoms with Gasteiger partial charge in [0.05, 0.1) is 53.6 Å². The fourth-order valence-electron chi connectivity index (χ4n) is 7.69. The minimum atomic E-state index is -1.59. The van der Waals surface area contributed by atoms with Crippen LogP contribution in [0.25, 0.3) is 0 Å². The summed E-state index contributed by atoms with van der Waals surface area (Å²) in [7, 11) is 2.47. The second-order valence-electron chi connectivity index (χ2n) is 18.7. The Morgan fingerprint density at radius 3 is 1.13 bits per heavy atom. The molecule has 0 aliphatic carbocycles. The molecular weight excluding hydrogens is 1220 g/mol. The second kappa shape index (κ2) is 42.8. The van der Waals surface area contributed by atoms with E-state index >= 15 is 0 Å². The van der Waals surface area contributed by atoms with Crippen LogP contribution < -0.4 is 64.4 Å². The van der Waals surface area contributed by atoms with Crippen LogP contribution in [0.4, 0.5) is 0 Å². The average Bonchev–Trinajstić information content (AvgIpc) is 2.27. The first-order valence-electron chi connectivity index (χ1n) is 27.6. The number of ether oxygens (including phenoxy) is 5. The molecule has 2 heterocycles. The molecule has 0 spiro atoms. The highest BCUT2D eigenvalue weighted by Crippen LogP contribution is 2.41. The van der Waals surface area contributed by atoms with E-state index in [0.717, 1.165) is 33.0 Å². The highest BCUT2D eigenvalue weighted by Gasteiger charge is 2.39. The molecule has 1 unspecified atom stereocenters. The Hall–Kier alpha value is -9.06. The number of carbonyl (C=O) groups excluding carboxylic acids is 14. The van der Waals surface area contributed by atoms with Crippen LogP contribution in [0.3, 0.4) is 0 Å². The van der Waals surface area contributed by atoms with E-state index in [2.05, 4.69) is 77.1 Å². The highest BCUT2D eigenvalue weighted by molar-refractivity contribution is 7.46. The molecule has 1 aliphatic heterocycles. The van der Waals surface area contributed by atoms with Crippen LogP contribution in [0.2, 0.25) is 0 Å². The summed E-state index contributed by atoms with van der Waals surface area (Å²) in [6, 6.07) is 1.95. The van der Waals surface area contributed by atoms with Crippen LogP contribution in [-0.4, -0.2) is 285 Å². The zero-order valence-corrected chi connectivity index (χ0v) is 51.3. The maximum atomic E-state index is 13.2. The topological polar surface area (TPSA) is 512 Å². The lowest BCUT2D eigenvalue weighted by molar-refractivity contribution is -0.152. The fourth-order valence-corrected chi connectivity index (χ4v) is 8.71. The van der Waals surface area contributed by atoms with Crippen molar-refractivity contribution in [1.29, 1.82) is 5.26 Å². The van der Waals surface area contributed by atoms with Gasteiger partial charge >= 0.3 is 88.6 Å². The molecule has 1 aliphatic rings. The van der Waals surface area contributed by atoms with E-state index < -0.39 is 121 Å². The van der Waals surface area contributed by atoms with E-state index in [4.69, 9.17) is 19.0 Å². The van der Waals surface area contributed by atoms with Crippen molar-refractivity contribution in [2.45, 2.75) is 38.2 Å². The number of hydrogen-bond donors (Lipinski definition) is 11. The number of rotatable bonds is 35. The van der Waals surface area contributed by atoms with Gasteiger partial charge in [-0.1, -0.05) is 0 Å². The van der Waals surface area contributed by atoms with Gasteiger partial charge in [-0.2, -0.15) is 5.26 Å². The van der Waals surface area contributed by atoms with Crippen molar-refractivity contribution in [2.24, 2.45) is 0 Å². The predicted octanol–water partition coefficient (Wildman–Crippen LogP) is -9.85. The molecule has 1 aromatic heterocycles. The highest BCUT2D eigenvalue weighted by atomic mass is 31.2. The van der Waals surface area contributed by atoms with Gasteiger partial charge in [-0.15, -0.1) is 0 Å². The van der Waals surface area contributed by atoms with E-state index in [1.165, 1.54) is 13.1 Å². The predicted molar refractivity (Wildman–Crippen MR) is 306 cm³/mol. The number of amides is 10. The third-order valence-electron chi connectivity index (χ3n) is 12.4. The van der Waals surface area contributed by atoms with Crippen LogP contribution in [0, 0.1) is 18.3 Å². The summed E-state index contributed by atoms with van der Waals surface area (Å²) in [5.41, 5.74) is -1.16. The number of nitriles is 1. The molecule has 0 saturated carbocycles. The molecule has 0 bridgehead atoms. The van der Waals surface area contributed by atoms with Gasteiger partial charge < -0.3 is 85.9 Å². The quantitative estimate of drug-likeness (QED) is 0.00988. The van der Waals surface area contributed by atoms with Crippen LogP contribution in [0.15, 0.2) is 15.8 Å². The summed E-state index contributed by atoms with van der Waals surface area (Å²) < 4.78 is 36.3. The molecule has 1 saturated heterocycles. The van der Waals surface area contributed by atoms with Gasteiger partial charge in [0.2, 0.25) is 0 Å². The van der Waals surface area contributed by atoms with E-state index in [9.17, 15) is 76.7 Å². The van der Waals surface area contributed by atoms with E-state index in [0.29, 0.717) is 0 Å². The SMILES string of the molecule is COC(=O)C(=O)NCCN(CCNC(=O)C(=O)NCCN(CCNC(=O)C(=O)NCCN(CCNC(=O)C(=O)OC)CCNC(=O)C(=O)OC)CCNC(=O)C(=O)NC[C@H]1O[C@@H](n2cc(C)c(=O)[nH]c2=O)C[C@H]1OP(C)OCCC#N)CCNC(=O)C(=O)OC. The van der Waals surface area contributed by atoms with Gasteiger partial charge in [0.25, 0.3) is 5.56 Å². The fraction of sp³-hybridized carbons (Fsp3) is 0.620. The maximum absolute atomic E-state index is 13.2. The summed E-state index contributed by atoms with van der Waals surface area (Å²) in [5.74, 6) is -15.2. The number of methoxy groups -OCH3 is 4. The van der Waals surface area contributed by atoms with Crippen LogP contribution in [0.1, 0.15) is 24.6 Å². The lowest BCUT2D eigenvalue weighted by atomic mass is 10.2. The molecule has 10 amide bonds. The smallest absolute Gasteiger partial charge is 0.396 e. The molecule has 4 atom stereocenters. The largest absolute Gasteiger partial charge is 0.462 e. The second-order valence-corrected chi connectivity index (χ2v) is 20.0. The molecule has 1 aromatic rings. The Balaban J connectivity index is 2.14. The monoisotopic (exact) mass is 1300 g/mol. The molecule has 0 aromatic carbocycles. The van der Waals surface area contributed by atoms with Crippen molar-refractivity contribution < 1.29 is 99.9 Å². The Kier molecular flexibility index (Phi) is 36.6. The van der Waals surface area contributed by atoms with Crippen molar-refractivity contribution in [3.05, 3.63) is 32.6 Å². The maximum Gasteiger partial charge on any atom is 0.396 e. The number of nitrogens with one attached hydrogen (secondary N) is 11. The lowest BCUT2D eigenvalue weighted by Gasteiger charge is -2.24. The summed E-state index contributed by atoms with van der Waals surface area (Å²) in [4.78, 5) is 203. The van der Waals surface area contributed by atoms with Crippen molar-refractivity contribution in [2.75, 3.05) is 166 Å².